The summed E-state index contributed by atoms with van der Waals surface area (Å²) < 4.78 is 13.5. The molecule has 1 aromatic carbocycles. The van der Waals surface area contributed by atoms with Crippen molar-refractivity contribution in [2.24, 2.45) is 10.9 Å². The van der Waals surface area contributed by atoms with Gasteiger partial charge >= 0.3 is 0 Å². The maximum Gasteiger partial charge on any atom is 0.137 e. The van der Waals surface area contributed by atoms with Crippen LogP contribution in [0.5, 0.6) is 5.75 Å². The van der Waals surface area contributed by atoms with E-state index in [-0.39, 0.29) is 12.0 Å². The van der Waals surface area contributed by atoms with Gasteiger partial charge < -0.3 is 9.47 Å². The molecule has 0 saturated carbocycles. The number of imidazole rings is 1. The van der Waals surface area contributed by atoms with Crippen molar-refractivity contribution in [3.05, 3.63) is 84.9 Å². The maximum atomic E-state index is 5.96. The maximum absolute atomic E-state index is 5.96. The van der Waals surface area contributed by atoms with Crippen LogP contribution in [0.2, 0.25) is 0 Å². The number of hydrogen-bond donors (Lipinski definition) is 0. The summed E-state index contributed by atoms with van der Waals surface area (Å²) in [7, 11) is 0. The number of aliphatic imine (C=N–C) groups is 1. The highest BCUT2D eigenvalue weighted by atomic mass is 16.5. The standard InChI is InChI=1S/C28H28N4O2/c1-2-4-26-24(3-1)25(9-11-29-26)27-20-30-28-19-22(10-12-32(27)28)21-5-7-23(8-6-21)34-18-15-31-13-16-33-17-14-31/h1-12,19-20,24,26H,13-18H2. The zero-order chi connectivity index (χ0) is 22.7. The van der Waals surface area contributed by atoms with Crippen molar-refractivity contribution in [1.29, 1.82) is 0 Å². The Morgan fingerprint density at radius 2 is 1.85 bits per heavy atom. The number of ether oxygens (including phenoxy) is 2. The topological polar surface area (TPSA) is 51.4 Å². The largest absolute Gasteiger partial charge is 0.492 e. The summed E-state index contributed by atoms with van der Waals surface area (Å²) in [5.74, 6) is 1.15. The Kier molecular flexibility index (Phi) is 5.83. The second-order valence-electron chi connectivity index (χ2n) is 8.82. The first-order chi connectivity index (χ1) is 16.8. The molecule has 0 spiro atoms. The summed E-state index contributed by atoms with van der Waals surface area (Å²) in [4.78, 5) is 11.7. The van der Waals surface area contributed by atoms with E-state index in [1.807, 2.05) is 24.5 Å². The van der Waals surface area contributed by atoms with Crippen molar-refractivity contribution < 1.29 is 9.47 Å². The van der Waals surface area contributed by atoms with Crippen LogP contribution in [0.4, 0.5) is 0 Å². The zero-order valence-electron chi connectivity index (χ0n) is 19.1. The van der Waals surface area contributed by atoms with Crippen LogP contribution in [-0.2, 0) is 4.74 Å². The minimum absolute atomic E-state index is 0.171. The van der Waals surface area contributed by atoms with Crippen LogP contribution in [0.25, 0.3) is 22.3 Å². The zero-order valence-corrected chi connectivity index (χ0v) is 19.1. The average Bonchev–Trinajstić information content (AvgIpc) is 3.32. The predicted molar refractivity (Wildman–Crippen MR) is 135 cm³/mol. The molecule has 6 nitrogen and oxygen atoms in total. The Labute approximate surface area is 199 Å². The van der Waals surface area contributed by atoms with Gasteiger partial charge in [0, 0.05) is 38.0 Å². The number of aromatic nitrogens is 2. The van der Waals surface area contributed by atoms with Gasteiger partial charge in [0.25, 0.3) is 0 Å². The number of rotatable bonds is 6. The molecule has 2 aromatic heterocycles. The Balaban J connectivity index is 1.16. The van der Waals surface area contributed by atoms with E-state index in [1.54, 1.807) is 0 Å². The fourth-order valence-electron chi connectivity index (χ4n) is 4.85. The molecule has 2 atom stereocenters. The lowest BCUT2D eigenvalue weighted by Crippen LogP contribution is -2.38. The highest BCUT2D eigenvalue weighted by molar-refractivity contribution is 5.88. The molecule has 4 heterocycles. The molecule has 0 bridgehead atoms. The predicted octanol–water partition coefficient (Wildman–Crippen LogP) is 4.29. The van der Waals surface area contributed by atoms with Gasteiger partial charge in [-0.1, -0.05) is 36.4 Å². The summed E-state index contributed by atoms with van der Waals surface area (Å²) in [5.41, 5.74) is 5.60. The van der Waals surface area contributed by atoms with Gasteiger partial charge in [-0.3, -0.25) is 14.3 Å². The molecule has 3 aromatic rings. The highest BCUT2D eigenvalue weighted by Crippen LogP contribution is 2.34. The van der Waals surface area contributed by atoms with Crippen LogP contribution in [-0.4, -0.2) is 66.0 Å². The second-order valence-corrected chi connectivity index (χ2v) is 8.82. The van der Waals surface area contributed by atoms with Crippen molar-refractivity contribution in [2.45, 2.75) is 6.04 Å². The van der Waals surface area contributed by atoms with Gasteiger partial charge in [0.05, 0.1) is 31.1 Å². The third kappa shape index (κ3) is 4.22. The Hall–Kier alpha value is -3.48. The molecular weight excluding hydrogens is 424 g/mol. The first kappa shape index (κ1) is 21.1. The van der Waals surface area contributed by atoms with Crippen LogP contribution >= 0.6 is 0 Å². The van der Waals surface area contributed by atoms with Crippen molar-refractivity contribution >= 4 is 17.4 Å². The number of morpholine rings is 1. The van der Waals surface area contributed by atoms with Gasteiger partial charge in [-0.05, 0) is 47.0 Å². The van der Waals surface area contributed by atoms with E-state index in [1.165, 1.54) is 5.57 Å². The number of pyridine rings is 1. The SMILES string of the molecule is C1=CC2N=CC=C(c3cnc4cc(-c5ccc(OCCN6CCOCC6)cc5)ccn34)C2C=C1. The summed E-state index contributed by atoms with van der Waals surface area (Å²) in [6.07, 6.45) is 16.7. The fourth-order valence-corrected chi connectivity index (χ4v) is 4.85. The normalized spacial score (nSPS) is 22.1. The van der Waals surface area contributed by atoms with Gasteiger partial charge in [-0.2, -0.15) is 0 Å². The molecule has 172 valence electrons. The lowest BCUT2D eigenvalue weighted by Gasteiger charge is -2.26. The number of hydrogen-bond acceptors (Lipinski definition) is 5. The molecular formula is C28H28N4O2. The first-order valence-electron chi connectivity index (χ1n) is 11.9. The Morgan fingerprint density at radius 3 is 2.74 bits per heavy atom. The molecule has 2 unspecified atom stereocenters. The van der Waals surface area contributed by atoms with E-state index in [9.17, 15) is 0 Å². The molecule has 0 radical (unpaired) electrons. The molecule has 1 saturated heterocycles. The molecule has 6 rings (SSSR count). The summed E-state index contributed by atoms with van der Waals surface area (Å²) >= 11 is 0. The summed E-state index contributed by atoms with van der Waals surface area (Å²) in [6.45, 7) is 5.23. The van der Waals surface area contributed by atoms with E-state index in [0.29, 0.717) is 6.61 Å². The molecule has 3 aliphatic rings. The summed E-state index contributed by atoms with van der Waals surface area (Å²) in [5, 5.41) is 0. The van der Waals surface area contributed by atoms with Crippen LogP contribution in [0.15, 0.2) is 84.2 Å². The van der Waals surface area contributed by atoms with Crippen molar-refractivity contribution in [2.75, 3.05) is 39.5 Å². The smallest absolute Gasteiger partial charge is 0.137 e. The average molecular weight is 453 g/mol. The number of benzene rings is 1. The second kappa shape index (κ2) is 9.41. The Morgan fingerprint density at radius 1 is 1.00 bits per heavy atom. The molecule has 1 fully saturated rings. The summed E-state index contributed by atoms with van der Waals surface area (Å²) in [6, 6.07) is 12.8. The quantitative estimate of drug-likeness (QED) is 0.560. The third-order valence-electron chi connectivity index (χ3n) is 6.75. The Bertz CT molecular complexity index is 1280. The van der Waals surface area contributed by atoms with Gasteiger partial charge in [-0.25, -0.2) is 4.98 Å². The van der Waals surface area contributed by atoms with Crippen LogP contribution in [0, 0.1) is 5.92 Å². The number of nitrogens with zero attached hydrogens (tertiary/aromatic N) is 4. The molecule has 0 N–H and O–H groups in total. The van der Waals surface area contributed by atoms with Crippen molar-refractivity contribution in [3.8, 4) is 16.9 Å². The van der Waals surface area contributed by atoms with Crippen LogP contribution in [0.1, 0.15) is 5.69 Å². The molecule has 34 heavy (non-hydrogen) atoms. The monoisotopic (exact) mass is 452 g/mol. The third-order valence-corrected chi connectivity index (χ3v) is 6.75. The number of fused-ring (bicyclic) bond motifs is 2. The molecule has 1 aliphatic carbocycles. The number of dihydropyridines is 1. The van der Waals surface area contributed by atoms with Crippen LogP contribution in [0.3, 0.4) is 0 Å². The van der Waals surface area contributed by atoms with E-state index in [4.69, 9.17) is 14.5 Å². The lowest BCUT2D eigenvalue weighted by molar-refractivity contribution is 0.0322. The van der Waals surface area contributed by atoms with E-state index in [0.717, 1.165) is 61.1 Å². The van der Waals surface area contributed by atoms with E-state index >= 15 is 0 Å². The van der Waals surface area contributed by atoms with E-state index < -0.39 is 0 Å². The lowest BCUT2D eigenvalue weighted by atomic mass is 9.85. The molecule has 6 heteroatoms. The van der Waals surface area contributed by atoms with E-state index in [2.05, 4.69) is 75.1 Å². The molecule has 2 aliphatic heterocycles. The van der Waals surface area contributed by atoms with Gasteiger partial charge in [-0.15, -0.1) is 0 Å². The van der Waals surface area contributed by atoms with Gasteiger partial charge in [0.15, 0.2) is 0 Å². The number of allylic oxidation sites excluding steroid dienone is 3. The van der Waals surface area contributed by atoms with Gasteiger partial charge in [0.1, 0.15) is 18.0 Å². The van der Waals surface area contributed by atoms with Gasteiger partial charge in [0.2, 0.25) is 0 Å². The molecule has 0 amide bonds. The van der Waals surface area contributed by atoms with Crippen molar-refractivity contribution in [3.63, 3.8) is 0 Å². The first-order valence-corrected chi connectivity index (χ1v) is 11.9. The minimum atomic E-state index is 0.171. The minimum Gasteiger partial charge on any atom is -0.492 e. The fraction of sp³-hybridized carbons (Fsp3) is 0.286. The highest BCUT2D eigenvalue weighted by Gasteiger charge is 2.26. The van der Waals surface area contributed by atoms with Crippen LogP contribution < -0.4 is 4.74 Å². The van der Waals surface area contributed by atoms with Crippen molar-refractivity contribution in [1.82, 2.24) is 14.3 Å².